The molecule has 4 nitrogen and oxygen atoms in total. The van der Waals surface area contributed by atoms with E-state index in [1.165, 1.54) is 0 Å². The molecule has 2 atom stereocenters. The van der Waals surface area contributed by atoms with E-state index in [0.717, 1.165) is 0 Å². The standard InChI is InChI=1S/C15H17Cl2NO3/c1-9-5-6-11(15(20)21)8-18(9)13(19)7-10-3-2-4-12(16)14(10)17/h2-4,9,11H,5-8H2,1H3,(H,20,21). The number of benzene rings is 1. The first-order chi connectivity index (χ1) is 9.90. The number of likely N-dealkylation sites (tertiary alicyclic amines) is 1. The Morgan fingerprint density at radius 3 is 2.71 bits per heavy atom. The van der Waals surface area contributed by atoms with Crippen molar-refractivity contribution >= 4 is 35.1 Å². The molecule has 1 aromatic rings. The molecule has 0 aliphatic carbocycles. The Hall–Kier alpha value is -1.26. The van der Waals surface area contributed by atoms with E-state index >= 15 is 0 Å². The van der Waals surface area contributed by atoms with Crippen molar-refractivity contribution in [1.82, 2.24) is 4.90 Å². The maximum absolute atomic E-state index is 12.4. The smallest absolute Gasteiger partial charge is 0.308 e. The average Bonchev–Trinajstić information content (AvgIpc) is 2.44. The number of carbonyl (C=O) groups excluding carboxylic acids is 1. The van der Waals surface area contributed by atoms with Crippen LogP contribution in [0.25, 0.3) is 0 Å². The first kappa shape index (κ1) is 16.1. The van der Waals surface area contributed by atoms with Crippen LogP contribution in [0.1, 0.15) is 25.3 Å². The molecule has 0 spiro atoms. The fourth-order valence-corrected chi connectivity index (χ4v) is 2.99. The van der Waals surface area contributed by atoms with Gasteiger partial charge in [0.15, 0.2) is 0 Å². The summed E-state index contributed by atoms with van der Waals surface area (Å²) in [5, 5.41) is 9.91. The predicted molar refractivity (Wildman–Crippen MR) is 81.7 cm³/mol. The molecule has 0 aromatic heterocycles. The fraction of sp³-hybridized carbons (Fsp3) is 0.467. The van der Waals surface area contributed by atoms with Crippen molar-refractivity contribution in [1.29, 1.82) is 0 Å². The van der Waals surface area contributed by atoms with Gasteiger partial charge in [0.05, 0.1) is 22.4 Å². The summed E-state index contributed by atoms with van der Waals surface area (Å²) in [7, 11) is 0. The summed E-state index contributed by atoms with van der Waals surface area (Å²) < 4.78 is 0. The van der Waals surface area contributed by atoms with Gasteiger partial charge in [0.25, 0.3) is 0 Å². The van der Waals surface area contributed by atoms with Gasteiger partial charge in [-0.05, 0) is 31.4 Å². The van der Waals surface area contributed by atoms with Crippen LogP contribution < -0.4 is 0 Å². The van der Waals surface area contributed by atoms with Crippen LogP contribution >= 0.6 is 23.2 Å². The van der Waals surface area contributed by atoms with Crippen LogP contribution in [0.15, 0.2) is 18.2 Å². The molecule has 2 unspecified atom stereocenters. The lowest BCUT2D eigenvalue weighted by Gasteiger charge is -2.36. The summed E-state index contributed by atoms with van der Waals surface area (Å²) in [6, 6.07) is 5.22. The molecular formula is C15H17Cl2NO3. The minimum atomic E-state index is -0.847. The molecule has 1 aliphatic heterocycles. The molecule has 2 rings (SSSR count). The van der Waals surface area contributed by atoms with Gasteiger partial charge < -0.3 is 10.0 Å². The quantitative estimate of drug-likeness (QED) is 0.926. The van der Waals surface area contributed by atoms with E-state index in [1.807, 2.05) is 6.92 Å². The Kier molecular flexibility index (Phi) is 5.12. The molecule has 1 heterocycles. The number of nitrogens with zero attached hydrogens (tertiary/aromatic N) is 1. The van der Waals surface area contributed by atoms with Crippen molar-refractivity contribution in [3.8, 4) is 0 Å². The van der Waals surface area contributed by atoms with Gasteiger partial charge in [0.1, 0.15) is 0 Å². The highest BCUT2D eigenvalue weighted by Crippen LogP contribution is 2.28. The zero-order chi connectivity index (χ0) is 15.6. The second kappa shape index (κ2) is 6.67. The molecule has 0 saturated carbocycles. The molecule has 1 saturated heterocycles. The van der Waals surface area contributed by atoms with E-state index in [1.54, 1.807) is 23.1 Å². The van der Waals surface area contributed by atoms with E-state index in [0.29, 0.717) is 28.5 Å². The first-order valence-electron chi connectivity index (χ1n) is 6.85. The lowest BCUT2D eigenvalue weighted by atomic mass is 9.93. The number of amides is 1. The van der Waals surface area contributed by atoms with Gasteiger partial charge in [-0.3, -0.25) is 9.59 Å². The SMILES string of the molecule is CC1CCC(C(=O)O)CN1C(=O)Cc1cccc(Cl)c1Cl. The molecule has 1 aromatic carbocycles. The summed E-state index contributed by atoms with van der Waals surface area (Å²) in [5.74, 6) is -1.45. The summed E-state index contributed by atoms with van der Waals surface area (Å²) in [6.07, 6.45) is 1.44. The highest BCUT2D eigenvalue weighted by atomic mass is 35.5. The third-order valence-electron chi connectivity index (χ3n) is 3.92. The van der Waals surface area contributed by atoms with Gasteiger partial charge in [-0.1, -0.05) is 35.3 Å². The fourth-order valence-electron chi connectivity index (χ4n) is 2.61. The minimum Gasteiger partial charge on any atom is -0.481 e. The third-order valence-corrected chi connectivity index (χ3v) is 4.78. The Morgan fingerprint density at radius 1 is 1.33 bits per heavy atom. The maximum Gasteiger partial charge on any atom is 0.308 e. The van der Waals surface area contributed by atoms with Crippen LogP contribution in [0.3, 0.4) is 0 Å². The van der Waals surface area contributed by atoms with Crippen LogP contribution in [0.2, 0.25) is 10.0 Å². The van der Waals surface area contributed by atoms with E-state index in [-0.39, 0.29) is 24.9 Å². The van der Waals surface area contributed by atoms with Gasteiger partial charge in [0.2, 0.25) is 5.91 Å². The van der Waals surface area contributed by atoms with Crippen molar-refractivity contribution < 1.29 is 14.7 Å². The molecule has 0 radical (unpaired) electrons. The van der Waals surface area contributed by atoms with Crippen molar-refractivity contribution in [2.45, 2.75) is 32.2 Å². The molecule has 21 heavy (non-hydrogen) atoms. The van der Waals surface area contributed by atoms with Crippen LogP contribution in [0.5, 0.6) is 0 Å². The van der Waals surface area contributed by atoms with Gasteiger partial charge in [-0.2, -0.15) is 0 Å². The minimum absolute atomic E-state index is 0.0473. The highest BCUT2D eigenvalue weighted by Gasteiger charge is 2.32. The predicted octanol–water partition coefficient (Wildman–Crippen LogP) is 3.25. The number of halogens is 2. The maximum atomic E-state index is 12.4. The van der Waals surface area contributed by atoms with E-state index < -0.39 is 11.9 Å². The molecule has 1 amide bonds. The molecule has 1 N–H and O–H groups in total. The Bertz CT molecular complexity index is 562. The van der Waals surface area contributed by atoms with Crippen LogP contribution in [0, 0.1) is 5.92 Å². The van der Waals surface area contributed by atoms with E-state index in [2.05, 4.69) is 0 Å². The highest BCUT2D eigenvalue weighted by molar-refractivity contribution is 6.42. The lowest BCUT2D eigenvalue weighted by molar-refractivity contribution is -0.146. The van der Waals surface area contributed by atoms with Crippen molar-refractivity contribution in [2.24, 2.45) is 5.92 Å². The molecular weight excluding hydrogens is 313 g/mol. The lowest BCUT2D eigenvalue weighted by Crippen LogP contribution is -2.47. The molecule has 114 valence electrons. The van der Waals surface area contributed by atoms with Gasteiger partial charge in [0, 0.05) is 12.6 Å². The third kappa shape index (κ3) is 3.69. The van der Waals surface area contributed by atoms with Crippen LogP contribution in [-0.4, -0.2) is 34.5 Å². The number of hydrogen-bond acceptors (Lipinski definition) is 2. The second-order valence-electron chi connectivity index (χ2n) is 5.40. The number of carbonyl (C=O) groups is 2. The number of carboxylic acids is 1. The summed E-state index contributed by atoms with van der Waals surface area (Å²) in [5.41, 5.74) is 0.666. The average molecular weight is 330 g/mol. The second-order valence-corrected chi connectivity index (χ2v) is 6.18. The summed E-state index contributed by atoms with van der Waals surface area (Å²) >= 11 is 12.0. The van der Waals surface area contributed by atoms with Crippen molar-refractivity contribution in [3.63, 3.8) is 0 Å². The number of piperidine rings is 1. The molecule has 1 aliphatic rings. The van der Waals surface area contributed by atoms with Gasteiger partial charge >= 0.3 is 5.97 Å². The van der Waals surface area contributed by atoms with Gasteiger partial charge in [-0.15, -0.1) is 0 Å². The van der Waals surface area contributed by atoms with Crippen molar-refractivity contribution in [3.05, 3.63) is 33.8 Å². The van der Waals surface area contributed by atoms with Crippen LogP contribution in [-0.2, 0) is 16.0 Å². The summed E-state index contributed by atoms with van der Waals surface area (Å²) in [4.78, 5) is 25.2. The van der Waals surface area contributed by atoms with Gasteiger partial charge in [-0.25, -0.2) is 0 Å². The summed E-state index contributed by atoms with van der Waals surface area (Å²) in [6.45, 7) is 2.20. The van der Waals surface area contributed by atoms with Crippen LogP contribution in [0.4, 0.5) is 0 Å². The number of aliphatic carboxylic acids is 1. The topological polar surface area (TPSA) is 57.6 Å². The zero-order valence-corrected chi connectivity index (χ0v) is 13.2. The number of rotatable bonds is 3. The Labute approximate surface area is 133 Å². The number of carboxylic acid groups (broad SMARTS) is 1. The zero-order valence-electron chi connectivity index (χ0n) is 11.7. The Balaban J connectivity index is 2.11. The molecule has 6 heteroatoms. The largest absolute Gasteiger partial charge is 0.481 e. The monoisotopic (exact) mass is 329 g/mol. The Morgan fingerprint density at radius 2 is 2.05 bits per heavy atom. The van der Waals surface area contributed by atoms with E-state index in [9.17, 15) is 9.59 Å². The molecule has 1 fully saturated rings. The van der Waals surface area contributed by atoms with Crippen molar-refractivity contribution in [2.75, 3.05) is 6.54 Å². The number of hydrogen-bond donors (Lipinski definition) is 1. The molecule has 0 bridgehead atoms. The first-order valence-corrected chi connectivity index (χ1v) is 7.61. The van der Waals surface area contributed by atoms with E-state index in [4.69, 9.17) is 28.3 Å². The normalized spacial score (nSPS) is 22.1.